The van der Waals surface area contributed by atoms with Crippen molar-refractivity contribution in [2.24, 2.45) is 0 Å². The molecule has 0 aromatic heterocycles. The number of anilines is 2. The van der Waals surface area contributed by atoms with E-state index >= 15 is 0 Å². The van der Waals surface area contributed by atoms with E-state index in [1.54, 1.807) is 7.11 Å². The van der Waals surface area contributed by atoms with E-state index in [1.807, 2.05) is 4.90 Å². The van der Waals surface area contributed by atoms with Crippen molar-refractivity contribution in [2.45, 2.75) is 19.0 Å². The molecule has 5 nitrogen and oxygen atoms in total. The topological polar surface area (TPSA) is 53.6 Å². The number of nitrogens with zero attached hydrogens (tertiary/aromatic N) is 1. The number of alkyl halides is 3. The van der Waals surface area contributed by atoms with Crippen molar-refractivity contribution in [3.8, 4) is 0 Å². The molecule has 0 unspecified atom stereocenters. The highest BCUT2D eigenvalue weighted by Gasteiger charge is 2.32. The SMILES string of the molecule is COCCNCC(=O)Nc1cc(C(F)(F)F)ccc1N1CCCC1. The second kappa shape index (κ2) is 8.34. The number of ether oxygens (including phenoxy) is 1. The molecule has 0 aliphatic carbocycles. The lowest BCUT2D eigenvalue weighted by atomic mass is 10.1. The van der Waals surface area contributed by atoms with Crippen LogP contribution in [0.15, 0.2) is 18.2 Å². The summed E-state index contributed by atoms with van der Waals surface area (Å²) in [5, 5.41) is 5.46. The van der Waals surface area contributed by atoms with Gasteiger partial charge in [0.2, 0.25) is 5.91 Å². The Balaban J connectivity index is 2.12. The van der Waals surface area contributed by atoms with Crippen molar-refractivity contribution in [3.05, 3.63) is 23.8 Å². The molecule has 1 aliphatic heterocycles. The maximum absolute atomic E-state index is 12.9. The van der Waals surface area contributed by atoms with Crippen molar-refractivity contribution in [3.63, 3.8) is 0 Å². The van der Waals surface area contributed by atoms with Gasteiger partial charge in [0.25, 0.3) is 0 Å². The van der Waals surface area contributed by atoms with Gasteiger partial charge in [0, 0.05) is 26.7 Å². The maximum atomic E-state index is 12.9. The molecule has 0 saturated carbocycles. The Morgan fingerprint density at radius 2 is 2.00 bits per heavy atom. The Kier molecular flexibility index (Phi) is 6.44. The fourth-order valence-electron chi connectivity index (χ4n) is 2.62. The van der Waals surface area contributed by atoms with Crippen molar-refractivity contribution < 1.29 is 22.7 Å². The first kappa shape index (κ1) is 18.5. The molecule has 0 atom stereocenters. The largest absolute Gasteiger partial charge is 0.416 e. The van der Waals surface area contributed by atoms with Gasteiger partial charge >= 0.3 is 6.18 Å². The lowest BCUT2D eigenvalue weighted by molar-refractivity contribution is -0.137. The maximum Gasteiger partial charge on any atom is 0.416 e. The third kappa shape index (κ3) is 5.10. The smallest absolute Gasteiger partial charge is 0.383 e. The Hall–Kier alpha value is -1.80. The molecule has 24 heavy (non-hydrogen) atoms. The highest BCUT2D eigenvalue weighted by molar-refractivity contribution is 5.95. The number of nitrogens with one attached hydrogen (secondary N) is 2. The molecule has 1 aliphatic rings. The van der Waals surface area contributed by atoms with Gasteiger partial charge in [0.05, 0.1) is 30.1 Å². The van der Waals surface area contributed by atoms with Gasteiger partial charge in [-0.1, -0.05) is 0 Å². The van der Waals surface area contributed by atoms with E-state index in [-0.39, 0.29) is 18.1 Å². The molecule has 2 N–H and O–H groups in total. The van der Waals surface area contributed by atoms with Crippen molar-refractivity contribution in [1.29, 1.82) is 0 Å². The van der Waals surface area contributed by atoms with Gasteiger partial charge in [-0.3, -0.25) is 4.79 Å². The molecule has 1 aromatic carbocycles. The summed E-state index contributed by atoms with van der Waals surface area (Å²) in [7, 11) is 1.55. The standard InChI is InChI=1S/C16H22F3N3O2/c1-24-9-6-20-11-15(23)21-13-10-12(16(17,18)19)4-5-14(13)22-7-2-3-8-22/h4-5,10,20H,2-3,6-9,11H2,1H3,(H,21,23). The quantitative estimate of drug-likeness (QED) is 0.746. The zero-order valence-corrected chi connectivity index (χ0v) is 13.6. The molecular weight excluding hydrogens is 323 g/mol. The molecular formula is C16H22F3N3O2. The van der Waals surface area contributed by atoms with E-state index in [0.717, 1.165) is 38.1 Å². The molecule has 1 aromatic rings. The Bertz CT molecular complexity index is 558. The van der Waals surface area contributed by atoms with Crippen molar-refractivity contribution >= 4 is 17.3 Å². The molecule has 0 bridgehead atoms. The van der Waals surface area contributed by atoms with Crippen LogP contribution in [0, 0.1) is 0 Å². The first-order valence-electron chi connectivity index (χ1n) is 7.87. The molecule has 0 spiro atoms. The molecule has 1 amide bonds. The van der Waals surface area contributed by atoms with Crippen LogP contribution in [0.3, 0.4) is 0 Å². The summed E-state index contributed by atoms with van der Waals surface area (Å²) >= 11 is 0. The van der Waals surface area contributed by atoms with Gasteiger partial charge in [-0.2, -0.15) is 13.2 Å². The number of halogens is 3. The number of carbonyl (C=O) groups is 1. The van der Waals surface area contributed by atoms with Crippen LogP contribution in [-0.2, 0) is 15.7 Å². The van der Waals surface area contributed by atoms with Gasteiger partial charge in [-0.25, -0.2) is 0 Å². The molecule has 8 heteroatoms. The third-order valence-corrected chi connectivity index (χ3v) is 3.81. The summed E-state index contributed by atoms with van der Waals surface area (Å²) in [4.78, 5) is 14.0. The summed E-state index contributed by atoms with van der Waals surface area (Å²) in [6.45, 7) is 2.51. The number of benzene rings is 1. The van der Waals surface area contributed by atoms with Gasteiger partial charge in [0.15, 0.2) is 0 Å². The first-order valence-corrected chi connectivity index (χ1v) is 7.87. The van der Waals surface area contributed by atoms with E-state index in [1.165, 1.54) is 6.07 Å². The highest BCUT2D eigenvalue weighted by atomic mass is 19.4. The Labute approximate surface area is 139 Å². The molecule has 1 heterocycles. The van der Waals surface area contributed by atoms with Crippen LogP contribution in [0.5, 0.6) is 0 Å². The van der Waals surface area contributed by atoms with E-state index in [2.05, 4.69) is 10.6 Å². The Morgan fingerprint density at radius 1 is 1.29 bits per heavy atom. The molecule has 2 rings (SSSR count). The average Bonchev–Trinajstić information content (AvgIpc) is 3.05. The number of hydrogen-bond acceptors (Lipinski definition) is 4. The predicted octanol–water partition coefficient (Wildman–Crippen LogP) is 2.48. The lowest BCUT2D eigenvalue weighted by Gasteiger charge is -2.23. The minimum atomic E-state index is -4.44. The average molecular weight is 345 g/mol. The zero-order valence-electron chi connectivity index (χ0n) is 13.6. The lowest BCUT2D eigenvalue weighted by Crippen LogP contribution is -2.31. The number of carbonyl (C=O) groups excluding carboxylic acids is 1. The van der Waals surface area contributed by atoms with E-state index < -0.39 is 11.7 Å². The van der Waals surface area contributed by atoms with Crippen LogP contribution >= 0.6 is 0 Å². The Morgan fingerprint density at radius 3 is 2.62 bits per heavy atom. The van der Waals surface area contributed by atoms with Crippen LogP contribution in [-0.4, -0.2) is 45.8 Å². The van der Waals surface area contributed by atoms with Crippen LogP contribution in [0.1, 0.15) is 18.4 Å². The summed E-state index contributed by atoms with van der Waals surface area (Å²) in [5.41, 5.74) is 0.0593. The zero-order chi connectivity index (χ0) is 17.6. The monoisotopic (exact) mass is 345 g/mol. The number of rotatable bonds is 7. The summed E-state index contributed by atoms with van der Waals surface area (Å²) in [5.74, 6) is -0.383. The summed E-state index contributed by atoms with van der Waals surface area (Å²) < 4.78 is 43.7. The van der Waals surface area contributed by atoms with Crippen LogP contribution < -0.4 is 15.5 Å². The molecule has 0 radical (unpaired) electrons. The fraction of sp³-hybridized carbons (Fsp3) is 0.562. The van der Waals surface area contributed by atoms with E-state index in [0.29, 0.717) is 18.8 Å². The highest BCUT2D eigenvalue weighted by Crippen LogP contribution is 2.36. The minimum Gasteiger partial charge on any atom is -0.383 e. The van der Waals surface area contributed by atoms with Crippen LogP contribution in [0.2, 0.25) is 0 Å². The molecule has 134 valence electrons. The second-order valence-electron chi connectivity index (χ2n) is 5.64. The van der Waals surface area contributed by atoms with Crippen molar-refractivity contribution in [2.75, 3.05) is 50.1 Å². The minimum absolute atomic E-state index is 0.0129. The normalized spacial score (nSPS) is 14.9. The first-order chi connectivity index (χ1) is 11.4. The third-order valence-electron chi connectivity index (χ3n) is 3.81. The van der Waals surface area contributed by atoms with Gasteiger partial charge < -0.3 is 20.3 Å². The molecule has 1 fully saturated rings. The predicted molar refractivity (Wildman–Crippen MR) is 86.3 cm³/mol. The number of amides is 1. The number of methoxy groups -OCH3 is 1. The summed E-state index contributed by atoms with van der Waals surface area (Å²) in [6.07, 6.45) is -2.46. The van der Waals surface area contributed by atoms with Crippen molar-refractivity contribution in [1.82, 2.24) is 5.32 Å². The fourth-order valence-corrected chi connectivity index (χ4v) is 2.62. The van der Waals surface area contributed by atoms with Crippen LogP contribution in [0.25, 0.3) is 0 Å². The number of hydrogen-bond donors (Lipinski definition) is 2. The van der Waals surface area contributed by atoms with E-state index in [4.69, 9.17) is 4.74 Å². The molecule has 1 saturated heterocycles. The van der Waals surface area contributed by atoms with Gasteiger partial charge in [0.1, 0.15) is 0 Å². The van der Waals surface area contributed by atoms with E-state index in [9.17, 15) is 18.0 Å². The van der Waals surface area contributed by atoms with Gasteiger partial charge in [-0.15, -0.1) is 0 Å². The van der Waals surface area contributed by atoms with Crippen LogP contribution in [0.4, 0.5) is 24.5 Å². The summed E-state index contributed by atoms with van der Waals surface area (Å²) in [6, 6.07) is 3.49. The van der Waals surface area contributed by atoms with Gasteiger partial charge in [-0.05, 0) is 31.0 Å². The second-order valence-corrected chi connectivity index (χ2v) is 5.64.